The van der Waals surface area contributed by atoms with Crippen molar-refractivity contribution in [1.82, 2.24) is 0 Å². The van der Waals surface area contributed by atoms with Gasteiger partial charge in [-0.05, 0) is 128 Å². The molecular formula is C39H60O8. The third kappa shape index (κ3) is 5.32. The zero-order valence-electron chi connectivity index (χ0n) is 29.9. The van der Waals surface area contributed by atoms with Gasteiger partial charge in [-0.15, -0.1) is 0 Å². The van der Waals surface area contributed by atoms with Gasteiger partial charge in [-0.2, -0.15) is 0 Å². The van der Waals surface area contributed by atoms with Crippen LogP contribution in [0.4, 0.5) is 0 Å². The van der Waals surface area contributed by atoms with Crippen molar-refractivity contribution in [2.24, 2.45) is 56.7 Å². The first kappa shape index (κ1) is 34.9. The first-order valence-corrected chi connectivity index (χ1v) is 18.5. The van der Waals surface area contributed by atoms with Crippen molar-refractivity contribution in [3.8, 4) is 0 Å². The van der Waals surface area contributed by atoms with E-state index in [4.69, 9.17) is 18.9 Å². The van der Waals surface area contributed by atoms with Crippen LogP contribution in [0.5, 0.6) is 0 Å². The van der Waals surface area contributed by atoms with Crippen LogP contribution in [0.15, 0.2) is 12.2 Å². The van der Waals surface area contributed by atoms with Gasteiger partial charge in [0.05, 0.1) is 18.1 Å². The van der Waals surface area contributed by atoms with Crippen LogP contribution in [0, 0.1) is 56.7 Å². The van der Waals surface area contributed by atoms with Gasteiger partial charge in [0, 0.05) is 25.9 Å². The molecule has 0 amide bonds. The van der Waals surface area contributed by atoms with E-state index < -0.39 is 10.8 Å². The first-order valence-electron chi connectivity index (χ1n) is 18.5. The number of esters is 3. The molecule has 0 spiro atoms. The summed E-state index contributed by atoms with van der Waals surface area (Å²) in [7, 11) is 0. The molecule has 1 aliphatic heterocycles. The molecule has 1 heterocycles. The Labute approximate surface area is 282 Å². The third-order valence-electron chi connectivity index (χ3n) is 15.6. The van der Waals surface area contributed by atoms with E-state index in [0.717, 1.165) is 89.2 Å². The lowest BCUT2D eigenvalue weighted by Crippen LogP contribution is -2.68. The van der Waals surface area contributed by atoms with Gasteiger partial charge in [0.25, 0.3) is 0 Å². The molecule has 1 saturated heterocycles. The van der Waals surface area contributed by atoms with Gasteiger partial charge in [-0.25, -0.2) is 0 Å². The Kier molecular flexibility index (Phi) is 9.24. The molecule has 0 radical (unpaired) electrons. The average molecular weight is 657 g/mol. The lowest BCUT2D eigenvalue weighted by Gasteiger charge is -2.72. The maximum atomic E-state index is 14.2. The summed E-state index contributed by atoms with van der Waals surface area (Å²) in [6.07, 6.45) is 11.0. The van der Waals surface area contributed by atoms with Crippen LogP contribution in [0.2, 0.25) is 0 Å². The summed E-state index contributed by atoms with van der Waals surface area (Å²) in [5.74, 6) is 0.601. The standard InChI is InChI=1S/C39H60O8/c1-24(21-40)28-12-17-39(34(43)45-22-27-9-8-20-44-27)19-18-37(6)29(33(28)39)10-11-31-35(4)15-14-32(47-26(3)42)36(5,23-46-25(2)41)30(35)13-16-38(31,37)7/h27-33,40H,1,8-23H2,2-7H3/t27?,28-,29+,30+,31+,32-,33+,35-,36-,37+,38+,39-/m0/s1. The van der Waals surface area contributed by atoms with E-state index in [1.807, 2.05) is 0 Å². The molecule has 264 valence electrons. The highest BCUT2D eigenvalue weighted by Gasteiger charge is 2.73. The summed E-state index contributed by atoms with van der Waals surface area (Å²) in [5.41, 5.74) is -0.108. The van der Waals surface area contributed by atoms with E-state index in [0.29, 0.717) is 18.4 Å². The SMILES string of the molecule is C=C(CO)[C@@H]1CC[C@]2(C(=O)OCC3CCCO3)CC[C@]3(C)[C@H](CC[C@@H]4[C@@]5(C)CC[C@H](OC(C)=O)[C@@](C)(COC(C)=O)[C@@H]5CC[C@]43C)[C@@H]12. The molecule has 6 fully saturated rings. The average Bonchev–Trinajstić information content (AvgIpc) is 3.69. The highest BCUT2D eigenvalue weighted by molar-refractivity contribution is 5.78. The number of carbonyl (C=O) groups excluding carboxylic acids is 3. The molecule has 1 unspecified atom stereocenters. The minimum atomic E-state index is -0.541. The molecule has 8 nitrogen and oxygen atoms in total. The number of hydrogen-bond acceptors (Lipinski definition) is 8. The molecule has 12 atom stereocenters. The van der Waals surface area contributed by atoms with Crippen LogP contribution in [-0.2, 0) is 33.3 Å². The van der Waals surface area contributed by atoms with Gasteiger partial charge < -0.3 is 24.1 Å². The minimum absolute atomic E-state index is 0.0000102. The fourth-order valence-corrected chi connectivity index (χ4v) is 13.2. The summed E-state index contributed by atoms with van der Waals surface area (Å²) in [6.45, 7) is 18.3. The van der Waals surface area contributed by atoms with E-state index in [-0.39, 0.29) is 77.3 Å². The van der Waals surface area contributed by atoms with Crippen LogP contribution in [0.25, 0.3) is 0 Å². The van der Waals surface area contributed by atoms with Crippen LogP contribution in [0.1, 0.15) is 119 Å². The lowest BCUT2D eigenvalue weighted by atomic mass is 9.32. The predicted molar refractivity (Wildman–Crippen MR) is 177 cm³/mol. The molecular weight excluding hydrogens is 596 g/mol. The van der Waals surface area contributed by atoms with Gasteiger partial charge >= 0.3 is 17.9 Å². The van der Waals surface area contributed by atoms with Crippen molar-refractivity contribution in [2.75, 3.05) is 26.4 Å². The molecule has 0 aromatic carbocycles. The first-order chi connectivity index (χ1) is 22.2. The summed E-state index contributed by atoms with van der Waals surface area (Å²) in [5, 5.41) is 10.3. The maximum Gasteiger partial charge on any atom is 0.312 e. The third-order valence-corrected chi connectivity index (χ3v) is 15.6. The van der Waals surface area contributed by atoms with Crippen molar-refractivity contribution >= 4 is 17.9 Å². The molecule has 0 aromatic rings. The smallest absolute Gasteiger partial charge is 0.312 e. The number of aliphatic hydroxyl groups excluding tert-OH is 1. The minimum Gasteiger partial charge on any atom is -0.465 e. The zero-order chi connectivity index (χ0) is 34.0. The van der Waals surface area contributed by atoms with E-state index >= 15 is 0 Å². The highest BCUT2D eigenvalue weighted by atomic mass is 16.6. The van der Waals surface area contributed by atoms with Gasteiger partial charge in [-0.1, -0.05) is 34.3 Å². The number of carbonyl (C=O) groups is 3. The summed E-state index contributed by atoms with van der Waals surface area (Å²) in [6, 6.07) is 0. The van der Waals surface area contributed by atoms with Gasteiger partial charge in [-0.3, -0.25) is 14.4 Å². The molecule has 6 aliphatic rings. The second kappa shape index (κ2) is 12.4. The fourth-order valence-electron chi connectivity index (χ4n) is 13.2. The van der Waals surface area contributed by atoms with E-state index in [9.17, 15) is 19.5 Å². The molecule has 0 bridgehead atoms. The monoisotopic (exact) mass is 656 g/mol. The number of aliphatic hydroxyl groups is 1. The second-order valence-corrected chi connectivity index (χ2v) is 17.5. The van der Waals surface area contributed by atoms with Crippen molar-refractivity contribution in [3.05, 3.63) is 12.2 Å². The van der Waals surface area contributed by atoms with Crippen molar-refractivity contribution < 1.29 is 38.4 Å². The maximum absolute atomic E-state index is 14.2. The normalized spacial score (nSPS) is 47.1. The predicted octanol–water partition coefficient (Wildman–Crippen LogP) is 6.81. The van der Waals surface area contributed by atoms with Crippen LogP contribution in [-0.4, -0.2) is 61.6 Å². The van der Waals surface area contributed by atoms with Gasteiger partial charge in [0.2, 0.25) is 0 Å². The molecule has 6 rings (SSSR count). The Morgan fingerprint density at radius 2 is 1.60 bits per heavy atom. The number of hydrogen-bond donors (Lipinski definition) is 1. The number of rotatable bonds is 8. The summed E-state index contributed by atoms with van der Waals surface area (Å²) >= 11 is 0. The van der Waals surface area contributed by atoms with Crippen LogP contribution < -0.4 is 0 Å². The zero-order valence-corrected chi connectivity index (χ0v) is 29.9. The largest absolute Gasteiger partial charge is 0.465 e. The Morgan fingerprint density at radius 3 is 2.26 bits per heavy atom. The topological polar surface area (TPSA) is 108 Å². The molecule has 1 N–H and O–H groups in total. The Morgan fingerprint density at radius 1 is 0.830 bits per heavy atom. The molecule has 5 saturated carbocycles. The van der Waals surface area contributed by atoms with E-state index in [2.05, 4.69) is 34.3 Å². The lowest BCUT2D eigenvalue weighted by molar-refractivity contribution is -0.258. The number of ether oxygens (including phenoxy) is 4. The second-order valence-electron chi connectivity index (χ2n) is 17.5. The number of fused-ring (bicyclic) bond motifs is 7. The van der Waals surface area contributed by atoms with Crippen molar-refractivity contribution in [3.63, 3.8) is 0 Å². The van der Waals surface area contributed by atoms with E-state index in [1.165, 1.54) is 13.8 Å². The Balaban J connectivity index is 1.32. The Bertz CT molecular complexity index is 1260. The fraction of sp³-hybridized carbons (Fsp3) is 0.872. The van der Waals surface area contributed by atoms with E-state index in [1.54, 1.807) is 0 Å². The van der Waals surface area contributed by atoms with Crippen molar-refractivity contribution in [1.29, 1.82) is 0 Å². The molecule has 0 aromatic heterocycles. The van der Waals surface area contributed by atoms with Crippen molar-refractivity contribution in [2.45, 2.75) is 131 Å². The van der Waals surface area contributed by atoms with Gasteiger partial charge in [0.15, 0.2) is 0 Å². The van der Waals surface area contributed by atoms with Gasteiger partial charge in [0.1, 0.15) is 19.3 Å². The molecule has 8 heteroatoms. The van der Waals surface area contributed by atoms with Crippen LogP contribution >= 0.6 is 0 Å². The molecule has 5 aliphatic carbocycles. The quantitative estimate of drug-likeness (QED) is 0.172. The highest BCUT2D eigenvalue weighted by Crippen LogP contribution is 2.77. The molecule has 47 heavy (non-hydrogen) atoms. The Hall–Kier alpha value is -1.93. The summed E-state index contributed by atoms with van der Waals surface area (Å²) < 4.78 is 23.6. The summed E-state index contributed by atoms with van der Waals surface area (Å²) in [4.78, 5) is 38.5. The van der Waals surface area contributed by atoms with Crippen LogP contribution in [0.3, 0.4) is 0 Å².